The van der Waals surface area contributed by atoms with Gasteiger partial charge in [-0.2, -0.15) is 0 Å². The van der Waals surface area contributed by atoms with E-state index in [1.165, 1.54) is 10.6 Å². The fourth-order valence-corrected chi connectivity index (χ4v) is 2.49. The number of hydrogen-bond donors (Lipinski definition) is 1. The summed E-state index contributed by atoms with van der Waals surface area (Å²) in [5.74, 6) is -0.0750. The summed E-state index contributed by atoms with van der Waals surface area (Å²) in [5, 5.41) is 3.42. The Morgan fingerprint density at radius 3 is 2.75 bits per heavy atom. The second-order valence-electron chi connectivity index (χ2n) is 5.47. The molecule has 2 rings (SSSR count). The van der Waals surface area contributed by atoms with Gasteiger partial charge in [-0.25, -0.2) is 0 Å². The second kappa shape index (κ2) is 9.25. The van der Waals surface area contributed by atoms with Crippen LogP contribution in [0.5, 0.6) is 0 Å². The molecule has 1 N–H and O–H groups in total. The third-order valence-electron chi connectivity index (χ3n) is 3.57. The van der Waals surface area contributed by atoms with E-state index >= 15 is 0 Å². The predicted molar refractivity (Wildman–Crippen MR) is 95.6 cm³/mol. The van der Waals surface area contributed by atoms with Gasteiger partial charge in [0.15, 0.2) is 0 Å². The molecule has 1 amide bonds. The lowest BCUT2D eigenvalue weighted by Gasteiger charge is -2.10. The van der Waals surface area contributed by atoms with Crippen molar-refractivity contribution in [1.29, 1.82) is 0 Å². The van der Waals surface area contributed by atoms with Crippen molar-refractivity contribution in [2.24, 2.45) is 0 Å². The van der Waals surface area contributed by atoms with E-state index in [1.807, 2.05) is 18.2 Å². The normalized spacial score (nSPS) is 10.6. The average Bonchev–Trinajstić information content (AvgIpc) is 2.57. The van der Waals surface area contributed by atoms with Gasteiger partial charge in [0.05, 0.1) is 12.2 Å². The Balaban J connectivity index is 2.02. The number of benzene rings is 1. The molecule has 2 aromatic rings. The molecule has 24 heavy (non-hydrogen) atoms. The molecular weight excluding hydrogens is 328 g/mol. The summed E-state index contributed by atoms with van der Waals surface area (Å²) < 4.78 is 6.49. The Kier molecular flexibility index (Phi) is 7.03. The fraction of sp³-hybridized carbons (Fsp3) is 0.333. The van der Waals surface area contributed by atoms with E-state index < -0.39 is 0 Å². The number of nitrogens with zero attached hydrogens (tertiary/aromatic N) is 1. The molecule has 1 heterocycles. The highest BCUT2D eigenvalue weighted by Gasteiger charge is 2.06. The molecule has 0 spiro atoms. The number of nitrogens with one attached hydrogen (secondary N) is 1. The van der Waals surface area contributed by atoms with Crippen molar-refractivity contribution >= 4 is 23.2 Å². The first-order chi connectivity index (χ1) is 11.6. The highest BCUT2D eigenvalue weighted by Crippen LogP contribution is 2.16. The Morgan fingerprint density at radius 1 is 1.21 bits per heavy atom. The lowest BCUT2D eigenvalue weighted by Crippen LogP contribution is -2.21. The number of aromatic nitrogens is 1. The smallest absolute Gasteiger partial charge is 0.250 e. The maximum atomic E-state index is 12.0. The van der Waals surface area contributed by atoms with Gasteiger partial charge in [0, 0.05) is 37.4 Å². The molecule has 1 aromatic heterocycles. The summed E-state index contributed by atoms with van der Waals surface area (Å²) in [6, 6.07) is 10.4. The van der Waals surface area contributed by atoms with E-state index in [1.54, 1.807) is 25.4 Å². The van der Waals surface area contributed by atoms with Crippen molar-refractivity contribution in [2.75, 3.05) is 19.0 Å². The zero-order chi connectivity index (χ0) is 17.4. The van der Waals surface area contributed by atoms with Crippen LogP contribution in [0.25, 0.3) is 0 Å². The van der Waals surface area contributed by atoms with Crippen molar-refractivity contribution in [3.63, 3.8) is 0 Å². The molecule has 0 bridgehead atoms. The molecule has 5 nitrogen and oxygen atoms in total. The summed E-state index contributed by atoms with van der Waals surface area (Å²) in [6.45, 7) is 1.01. The molecule has 0 radical (unpaired) electrons. The van der Waals surface area contributed by atoms with Gasteiger partial charge in [-0.3, -0.25) is 9.59 Å². The minimum Gasteiger partial charge on any atom is -0.385 e. The summed E-state index contributed by atoms with van der Waals surface area (Å²) in [5.41, 5.74) is 1.30. The lowest BCUT2D eigenvalue weighted by atomic mass is 10.2. The van der Waals surface area contributed by atoms with Gasteiger partial charge in [-0.1, -0.05) is 29.8 Å². The largest absolute Gasteiger partial charge is 0.385 e. The molecule has 0 aliphatic carbocycles. The van der Waals surface area contributed by atoms with E-state index in [0.29, 0.717) is 30.3 Å². The molecule has 1 aromatic carbocycles. The summed E-state index contributed by atoms with van der Waals surface area (Å²) >= 11 is 6.14. The Hall–Kier alpha value is -2.11. The number of anilines is 1. The standard InChI is InChI=1S/C18H21ClN2O3/c1-24-11-5-4-8-17(22)20-15-9-10-18(23)21(13-15)12-14-6-2-3-7-16(14)19/h2-3,6-7,9-10,13H,4-5,8,11-12H2,1H3,(H,20,22). The lowest BCUT2D eigenvalue weighted by molar-refractivity contribution is -0.116. The highest BCUT2D eigenvalue weighted by atomic mass is 35.5. The molecule has 0 aliphatic rings. The van der Waals surface area contributed by atoms with Crippen molar-refractivity contribution in [3.05, 3.63) is 63.5 Å². The van der Waals surface area contributed by atoms with Crippen LogP contribution >= 0.6 is 11.6 Å². The summed E-state index contributed by atoms with van der Waals surface area (Å²) in [6.07, 6.45) is 3.67. The van der Waals surface area contributed by atoms with Gasteiger partial charge in [0.2, 0.25) is 5.91 Å². The number of unbranched alkanes of at least 4 members (excludes halogenated alkanes) is 1. The van der Waals surface area contributed by atoms with Gasteiger partial charge < -0.3 is 14.6 Å². The molecule has 128 valence electrons. The first-order valence-corrected chi connectivity index (χ1v) is 8.20. The maximum Gasteiger partial charge on any atom is 0.250 e. The van der Waals surface area contributed by atoms with E-state index in [2.05, 4.69) is 5.32 Å². The molecular formula is C18H21ClN2O3. The monoisotopic (exact) mass is 348 g/mol. The van der Waals surface area contributed by atoms with E-state index in [4.69, 9.17) is 16.3 Å². The molecule has 6 heteroatoms. The van der Waals surface area contributed by atoms with Crippen molar-refractivity contribution in [2.45, 2.75) is 25.8 Å². The number of methoxy groups -OCH3 is 1. The summed E-state index contributed by atoms with van der Waals surface area (Å²) in [4.78, 5) is 23.9. The summed E-state index contributed by atoms with van der Waals surface area (Å²) in [7, 11) is 1.64. The minimum atomic E-state index is -0.145. The topological polar surface area (TPSA) is 60.3 Å². The first kappa shape index (κ1) is 18.2. The number of hydrogen-bond acceptors (Lipinski definition) is 3. The van der Waals surface area contributed by atoms with E-state index in [9.17, 15) is 9.59 Å². The number of rotatable bonds is 8. The number of carbonyl (C=O) groups is 1. The Bertz CT molecular complexity index is 743. The number of ether oxygens (including phenoxy) is 1. The van der Waals surface area contributed by atoms with Crippen molar-refractivity contribution in [1.82, 2.24) is 4.57 Å². The van der Waals surface area contributed by atoms with Crippen molar-refractivity contribution < 1.29 is 9.53 Å². The van der Waals surface area contributed by atoms with Gasteiger partial charge in [0.25, 0.3) is 5.56 Å². The fourth-order valence-electron chi connectivity index (χ4n) is 2.29. The molecule has 0 saturated carbocycles. The maximum absolute atomic E-state index is 12.0. The molecule has 0 atom stereocenters. The molecule has 0 fully saturated rings. The van der Waals surface area contributed by atoms with Crippen LogP contribution in [0.15, 0.2) is 47.4 Å². The van der Waals surface area contributed by atoms with Crippen LogP contribution in [0, 0.1) is 0 Å². The minimum absolute atomic E-state index is 0.0750. The SMILES string of the molecule is COCCCCC(=O)Nc1ccc(=O)n(Cc2ccccc2Cl)c1. The third-order valence-corrected chi connectivity index (χ3v) is 3.94. The third kappa shape index (κ3) is 5.51. The zero-order valence-electron chi connectivity index (χ0n) is 13.6. The Morgan fingerprint density at radius 2 is 2.00 bits per heavy atom. The molecule has 0 saturated heterocycles. The van der Waals surface area contributed by atoms with E-state index in [-0.39, 0.29) is 11.5 Å². The number of carbonyl (C=O) groups excluding carboxylic acids is 1. The zero-order valence-corrected chi connectivity index (χ0v) is 14.4. The van der Waals surface area contributed by atoms with Crippen LogP contribution < -0.4 is 10.9 Å². The first-order valence-electron chi connectivity index (χ1n) is 7.83. The highest BCUT2D eigenvalue weighted by molar-refractivity contribution is 6.31. The van der Waals surface area contributed by atoms with Gasteiger partial charge in [-0.15, -0.1) is 0 Å². The van der Waals surface area contributed by atoms with E-state index in [0.717, 1.165) is 18.4 Å². The van der Waals surface area contributed by atoms with Gasteiger partial charge in [-0.05, 0) is 30.5 Å². The Labute approximate surface area is 146 Å². The van der Waals surface area contributed by atoms with Gasteiger partial charge >= 0.3 is 0 Å². The van der Waals surface area contributed by atoms with Crippen LogP contribution in [-0.4, -0.2) is 24.2 Å². The van der Waals surface area contributed by atoms with Crippen molar-refractivity contribution in [3.8, 4) is 0 Å². The van der Waals surface area contributed by atoms with Crippen LogP contribution in [0.2, 0.25) is 5.02 Å². The molecule has 0 aliphatic heterocycles. The van der Waals surface area contributed by atoms with Crippen LogP contribution in [0.4, 0.5) is 5.69 Å². The van der Waals surface area contributed by atoms with Crippen LogP contribution in [0.3, 0.4) is 0 Å². The predicted octanol–water partition coefficient (Wildman–Crippen LogP) is 3.31. The number of halogens is 1. The van der Waals surface area contributed by atoms with Crippen LogP contribution in [0.1, 0.15) is 24.8 Å². The number of amides is 1. The van der Waals surface area contributed by atoms with Crippen LogP contribution in [-0.2, 0) is 16.1 Å². The quantitative estimate of drug-likeness (QED) is 0.744. The average molecular weight is 349 g/mol. The number of pyridine rings is 1. The second-order valence-corrected chi connectivity index (χ2v) is 5.88. The van der Waals surface area contributed by atoms with Gasteiger partial charge in [0.1, 0.15) is 0 Å². The molecule has 0 unspecified atom stereocenters.